The summed E-state index contributed by atoms with van der Waals surface area (Å²) in [5.41, 5.74) is 4.15. The van der Waals surface area contributed by atoms with Crippen molar-refractivity contribution >= 4 is 11.8 Å². The van der Waals surface area contributed by atoms with Crippen molar-refractivity contribution in [1.82, 2.24) is 20.0 Å². The standard InChI is InChI=1S/C28H38N4O2/c1-20-9-8-10-21(2)27(20)28(34)32-17-23-15-31(16-24(23)18-32)14-13-25(22-11-6-5-7-12-22)29-26(33)19-30(3)4/h5-12,23-25H,13-19H2,1-4H3,(H,29,33). The number of hydrogen-bond acceptors (Lipinski definition) is 4. The van der Waals surface area contributed by atoms with Crippen LogP contribution in [0.3, 0.4) is 0 Å². The second-order valence-corrected chi connectivity index (χ2v) is 10.3. The Morgan fingerprint density at radius 2 is 1.56 bits per heavy atom. The van der Waals surface area contributed by atoms with E-state index < -0.39 is 0 Å². The highest BCUT2D eigenvalue weighted by atomic mass is 16.2. The summed E-state index contributed by atoms with van der Waals surface area (Å²) in [6, 6.07) is 16.3. The molecule has 1 N–H and O–H groups in total. The first-order valence-electron chi connectivity index (χ1n) is 12.4. The third kappa shape index (κ3) is 5.68. The Morgan fingerprint density at radius 3 is 2.15 bits per heavy atom. The largest absolute Gasteiger partial charge is 0.348 e. The van der Waals surface area contributed by atoms with Gasteiger partial charge in [-0.2, -0.15) is 0 Å². The Hall–Kier alpha value is -2.70. The summed E-state index contributed by atoms with van der Waals surface area (Å²) >= 11 is 0. The van der Waals surface area contributed by atoms with E-state index in [0.717, 1.165) is 61.4 Å². The fourth-order valence-corrected chi connectivity index (χ4v) is 5.59. The number of rotatable bonds is 8. The number of amides is 2. The Labute approximate surface area is 203 Å². The van der Waals surface area contributed by atoms with Gasteiger partial charge in [0, 0.05) is 38.3 Å². The molecule has 2 aliphatic rings. The minimum Gasteiger partial charge on any atom is -0.348 e. The molecular formula is C28H38N4O2. The minimum absolute atomic E-state index is 0.0104. The third-order valence-corrected chi connectivity index (χ3v) is 7.28. The van der Waals surface area contributed by atoms with Gasteiger partial charge in [-0.3, -0.25) is 9.59 Å². The van der Waals surface area contributed by atoms with Crippen molar-refractivity contribution in [3.05, 3.63) is 70.8 Å². The maximum atomic E-state index is 13.2. The molecule has 0 radical (unpaired) electrons. The summed E-state index contributed by atoms with van der Waals surface area (Å²) in [6.07, 6.45) is 0.883. The summed E-state index contributed by atoms with van der Waals surface area (Å²) in [5, 5.41) is 3.23. The molecule has 2 aromatic carbocycles. The molecule has 0 aromatic heterocycles. The highest BCUT2D eigenvalue weighted by molar-refractivity contribution is 5.97. The zero-order chi connectivity index (χ0) is 24.2. The SMILES string of the molecule is Cc1cccc(C)c1C(=O)N1CC2CN(CCC(NC(=O)CN(C)C)c3ccccc3)CC2C1. The van der Waals surface area contributed by atoms with Crippen LogP contribution in [0.4, 0.5) is 0 Å². The molecule has 2 amide bonds. The average Bonchev–Trinajstić information content (AvgIpc) is 3.35. The van der Waals surface area contributed by atoms with Crippen LogP contribution >= 0.6 is 0 Å². The summed E-state index contributed by atoms with van der Waals surface area (Å²) in [4.78, 5) is 32.2. The molecule has 0 aliphatic carbocycles. The molecule has 3 unspecified atom stereocenters. The van der Waals surface area contributed by atoms with Gasteiger partial charge in [0.2, 0.25) is 5.91 Å². The fraction of sp³-hybridized carbons (Fsp3) is 0.500. The van der Waals surface area contributed by atoms with E-state index in [9.17, 15) is 9.59 Å². The van der Waals surface area contributed by atoms with Crippen LogP contribution in [0.25, 0.3) is 0 Å². The molecule has 0 saturated carbocycles. The number of hydrogen-bond donors (Lipinski definition) is 1. The highest BCUT2D eigenvalue weighted by Gasteiger charge is 2.42. The van der Waals surface area contributed by atoms with Gasteiger partial charge in [-0.15, -0.1) is 0 Å². The maximum absolute atomic E-state index is 13.2. The van der Waals surface area contributed by atoms with Gasteiger partial charge < -0.3 is 20.0 Å². The second-order valence-electron chi connectivity index (χ2n) is 10.3. The predicted molar refractivity (Wildman–Crippen MR) is 136 cm³/mol. The zero-order valence-corrected chi connectivity index (χ0v) is 21.0. The van der Waals surface area contributed by atoms with E-state index in [1.807, 2.05) is 69.2 Å². The number of likely N-dealkylation sites (tertiary alicyclic amines) is 2. The van der Waals surface area contributed by atoms with Gasteiger partial charge >= 0.3 is 0 Å². The van der Waals surface area contributed by atoms with Crippen LogP contribution in [0.1, 0.15) is 39.5 Å². The van der Waals surface area contributed by atoms with E-state index in [2.05, 4.69) is 27.2 Å². The van der Waals surface area contributed by atoms with Crippen LogP contribution in [0.5, 0.6) is 0 Å². The third-order valence-electron chi connectivity index (χ3n) is 7.28. The van der Waals surface area contributed by atoms with Crippen molar-refractivity contribution in [1.29, 1.82) is 0 Å². The topological polar surface area (TPSA) is 55.9 Å². The lowest BCUT2D eigenvalue weighted by molar-refractivity contribution is -0.122. The summed E-state index contributed by atoms with van der Waals surface area (Å²) < 4.78 is 0. The maximum Gasteiger partial charge on any atom is 0.254 e. The number of fused-ring (bicyclic) bond motifs is 1. The molecule has 6 nitrogen and oxygen atoms in total. The van der Waals surface area contributed by atoms with E-state index in [-0.39, 0.29) is 17.9 Å². The van der Waals surface area contributed by atoms with Gasteiger partial charge in [0.1, 0.15) is 0 Å². The van der Waals surface area contributed by atoms with Gasteiger partial charge in [-0.1, -0.05) is 48.5 Å². The predicted octanol–water partition coefficient (Wildman–Crippen LogP) is 3.12. The van der Waals surface area contributed by atoms with Crippen molar-refractivity contribution in [2.24, 2.45) is 11.8 Å². The first-order chi connectivity index (χ1) is 16.3. The minimum atomic E-state index is 0.0104. The molecule has 2 aromatic rings. The zero-order valence-electron chi connectivity index (χ0n) is 21.0. The van der Waals surface area contributed by atoms with Crippen molar-refractivity contribution in [3.63, 3.8) is 0 Å². The van der Waals surface area contributed by atoms with Crippen LogP contribution in [-0.4, -0.2) is 79.9 Å². The molecule has 2 aliphatic heterocycles. The Balaban J connectivity index is 1.33. The van der Waals surface area contributed by atoms with Gasteiger partial charge in [0.15, 0.2) is 0 Å². The summed E-state index contributed by atoms with van der Waals surface area (Å²) in [5.74, 6) is 1.31. The molecule has 182 valence electrons. The van der Waals surface area contributed by atoms with E-state index >= 15 is 0 Å². The second kappa shape index (κ2) is 10.7. The van der Waals surface area contributed by atoms with Crippen LogP contribution < -0.4 is 5.32 Å². The van der Waals surface area contributed by atoms with Gasteiger partial charge in [0.25, 0.3) is 5.91 Å². The van der Waals surface area contributed by atoms with Crippen LogP contribution in [-0.2, 0) is 4.79 Å². The molecule has 34 heavy (non-hydrogen) atoms. The first kappa shape index (κ1) is 24.4. The highest BCUT2D eigenvalue weighted by Crippen LogP contribution is 2.33. The molecule has 6 heteroatoms. The van der Waals surface area contributed by atoms with Crippen molar-refractivity contribution in [2.45, 2.75) is 26.3 Å². The van der Waals surface area contributed by atoms with Crippen LogP contribution in [0, 0.1) is 25.7 Å². The Morgan fingerprint density at radius 1 is 0.941 bits per heavy atom. The smallest absolute Gasteiger partial charge is 0.254 e. The van der Waals surface area contributed by atoms with Crippen molar-refractivity contribution in [2.75, 3.05) is 53.4 Å². The molecule has 0 spiro atoms. The van der Waals surface area contributed by atoms with Gasteiger partial charge in [-0.25, -0.2) is 0 Å². The number of aryl methyl sites for hydroxylation is 2. The average molecular weight is 463 g/mol. The number of nitrogens with one attached hydrogen (secondary N) is 1. The quantitative estimate of drug-likeness (QED) is 0.655. The molecule has 4 rings (SSSR count). The van der Waals surface area contributed by atoms with E-state index in [0.29, 0.717) is 18.4 Å². The fourth-order valence-electron chi connectivity index (χ4n) is 5.59. The summed E-state index contributed by atoms with van der Waals surface area (Å²) in [7, 11) is 3.82. The molecule has 0 bridgehead atoms. The number of carbonyl (C=O) groups excluding carboxylic acids is 2. The number of nitrogens with zero attached hydrogens (tertiary/aromatic N) is 3. The van der Waals surface area contributed by atoms with Crippen LogP contribution in [0.2, 0.25) is 0 Å². The molecule has 2 heterocycles. The summed E-state index contributed by atoms with van der Waals surface area (Å²) in [6.45, 7) is 9.12. The van der Waals surface area contributed by atoms with E-state index in [4.69, 9.17) is 0 Å². The normalized spacial score (nSPS) is 21.0. The Kier molecular flexibility index (Phi) is 7.69. The number of benzene rings is 2. The lowest BCUT2D eigenvalue weighted by Gasteiger charge is -2.25. The molecule has 2 fully saturated rings. The van der Waals surface area contributed by atoms with Gasteiger partial charge in [0.05, 0.1) is 12.6 Å². The van der Waals surface area contributed by atoms with Gasteiger partial charge in [-0.05, 0) is 62.9 Å². The Bertz CT molecular complexity index is 972. The number of likely N-dealkylation sites (N-methyl/N-ethyl adjacent to an activating group) is 1. The molecular weight excluding hydrogens is 424 g/mol. The lowest BCUT2D eigenvalue weighted by atomic mass is 10.0. The van der Waals surface area contributed by atoms with Crippen LogP contribution in [0.15, 0.2) is 48.5 Å². The first-order valence-corrected chi connectivity index (χ1v) is 12.4. The number of carbonyl (C=O) groups is 2. The van der Waals surface area contributed by atoms with Crippen molar-refractivity contribution < 1.29 is 9.59 Å². The molecule has 2 saturated heterocycles. The van der Waals surface area contributed by atoms with E-state index in [1.165, 1.54) is 0 Å². The lowest BCUT2D eigenvalue weighted by Crippen LogP contribution is -2.38. The molecule has 3 atom stereocenters. The van der Waals surface area contributed by atoms with Crippen molar-refractivity contribution in [3.8, 4) is 0 Å². The van der Waals surface area contributed by atoms with E-state index in [1.54, 1.807) is 0 Å². The monoisotopic (exact) mass is 462 g/mol.